The van der Waals surface area contributed by atoms with E-state index in [4.69, 9.17) is 4.74 Å². The highest BCUT2D eigenvalue weighted by Gasteiger charge is 2.28. The maximum Gasteiger partial charge on any atom is 0.322 e. The third-order valence-corrected chi connectivity index (χ3v) is 4.05. The quantitative estimate of drug-likeness (QED) is 0.459. The van der Waals surface area contributed by atoms with E-state index in [1.54, 1.807) is 24.3 Å². The molecule has 0 saturated carbocycles. The van der Waals surface area contributed by atoms with Gasteiger partial charge in [-0.2, -0.15) is 5.10 Å². The van der Waals surface area contributed by atoms with Crippen molar-refractivity contribution >= 4 is 17.3 Å². The maximum absolute atomic E-state index is 12.4. The lowest BCUT2D eigenvalue weighted by Gasteiger charge is -2.08. The molecule has 0 unspecified atom stereocenters. The molecule has 0 radical (unpaired) electrons. The van der Waals surface area contributed by atoms with Crippen molar-refractivity contribution in [1.82, 2.24) is 10.2 Å². The minimum Gasteiger partial charge on any atom is -0.457 e. The summed E-state index contributed by atoms with van der Waals surface area (Å²) in [6.45, 7) is 3.87. The highest BCUT2D eigenvalue weighted by molar-refractivity contribution is 6.05. The average molecular weight is 380 g/mol. The molecule has 0 aliphatic carbocycles. The largest absolute Gasteiger partial charge is 0.457 e. The van der Waals surface area contributed by atoms with Crippen LogP contribution in [0, 0.1) is 17.0 Å². The Labute approximate surface area is 161 Å². The number of carbonyl (C=O) groups is 1. The summed E-state index contributed by atoms with van der Waals surface area (Å²) in [5.74, 6) is 0.685. The van der Waals surface area contributed by atoms with Crippen molar-refractivity contribution < 1.29 is 14.5 Å². The zero-order chi connectivity index (χ0) is 20.1. The second-order valence-corrected chi connectivity index (χ2v) is 6.30. The third kappa shape index (κ3) is 4.35. The molecule has 2 aromatic carbocycles. The van der Waals surface area contributed by atoms with Gasteiger partial charge in [0.05, 0.1) is 4.92 Å². The van der Waals surface area contributed by atoms with E-state index in [-0.39, 0.29) is 11.4 Å². The van der Waals surface area contributed by atoms with Crippen molar-refractivity contribution in [3.05, 3.63) is 75.6 Å². The van der Waals surface area contributed by atoms with Crippen LogP contribution in [0.2, 0.25) is 0 Å². The summed E-state index contributed by atoms with van der Waals surface area (Å²) in [6, 6.07) is 14.4. The molecule has 0 aliphatic rings. The molecule has 8 nitrogen and oxygen atoms in total. The lowest BCUT2D eigenvalue weighted by Crippen LogP contribution is -2.14. The van der Waals surface area contributed by atoms with Gasteiger partial charge in [-0.05, 0) is 55.3 Å². The second-order valence-electron chi connectivity index (χ2n) is 6.30. The number of anilines is 1. The zero-order valence-corrected chi connectivity index (χ0v) is 15.6. The second kappa shape index (κ2) is 8.34. The molecule has 144 valence electrons. The molecule has 1 amide bonds. The number of nitrogens with zero attached hydrogens (tertiary/aromatic N) is 2. The molecule has 28 heavy (non-hydrogen) atoms. The number of ether oxygens (including phenoxy) is 1. The first-order valence-electron chi connectivity index (χ1n) is 8.85. The van der Waals surface area contributed by atoms with Crippen molar-refractivity contribution in [3.63, 3.8) is 0 Å². The number of benzene rings is 2. The Morgan fingerprint density at radius 2 is 1.96 bits per heavy atom. The van der Waals surface area contributed by atoms with Gasteiger partial charge < -0.3 is 10.1 Å². The SMILES string of the molecule is CCCc1[nH]nc(C(=O)Nc2ccc(Oc3cccc(C)c3)cc2)c1[N+](=O)[O-]. The van der Waals surface area contributed by atoms with E-state index in [0.29, 0.717) is 35.7 Å². The normalized spacial score (nSPS) is 10.5. The molecule has 0 saturated heterocycles. The molecule has 0 atom stereocenters. The van der Waals surface area contributed by atoms with E-state index in [0.717, 1.165) is 5.56 Å². The van der Waals surface area contributed by atoms with Crippen LogP contribution in [0.15, 0.2) is 48.5 Å². The minimum atomic E-state index is -0.641. The summed E-state index contributed by atoms with van der Waals surface area (Å²) >= 11 is 0. The summed E-state index contributed by atoms with van der Waals surface area (Å²) in [5.41, 5.74) is 1.41. The van der Waals surface area contributed by atoms with Crippen LogP contribution in [0.5, 0.6) is 11.5 Å². The van der Waals surface area contributed by atoms with E-state index in [2.05, 4.69) is 15.5 Å². The number of aryl methyl sites for hydroxylation is 2. The number of rotatable bonds is 7. The first kappa shape index (κ1) is 19.1. The van der Waals surface area contributed by atoms with Gasteiger partial charge in [0, 0.05) is 5.69 Å². The van der Waals surface area contributed by atoms with E-state index in [1.807, 2.05) is 38.1 Å². The monoisotopic (exact) mass is 380 g/mol. The summed E-state index contributed by atoms with van der Waals surface area (Å²) in [6.07, 6.45) is 1.15. The van der Waals surface area contributed by atoms with Crippen LogP contribution in [-0.2, 0) is 6.42 Å². The van der Waals surface area contributed by atoms with Gasteiger partial charge in [-0.15, -0.1) is 0 Å². The van der Waals surface area contributed by atoms with E-state index in [1.165, 1.54) is 0 Å². The van der Waals surface area contributed by atoms with Gasteiger partial charge in [-0.3, -0.25) is 20.0 Å². The number of aromatic nitrogens is 2. The van der Waals surface area contributed by atoms with Gasteiger partial charge in [0.1, 0.15) is 17.2 Å². The molecule has 0 fully saturated rings. The molecule has 2 N–H and O–H groups in total. The van der Waals surface area contributed by atoms with Crippen molar-refractivity contribution in [3.8, 4) is 11.5 Å². The lowest BCUT2D eigenvalue weighted by molar-refractivity contribution is -0.385. The molecule has 1 heterocycles. The van der Waals surface area contributed by atoms with E-state index in [9.17, 15) is 14.9 Å². The Morgan fingerprint density at radius 1 is 1.21 bits per heavy atom. The van der Waals surface area contributed by atoms with Crippen LogP contribution >= 0.6 is 0 Å². The number of hydrogen-bond donors (Lipinski definition) is 2. The Bertz CT molecular complexity index is 996. The number of amides is 1. The molecule has 3 aromatic rings. The van der Waals surface area contributed by atoms with Gasteiger partial charge >= 0.3 is 5.69 Å². The number of H-pyrrole nitrogens is 1. The smallest absolute Gasteiger partial charge is 0.322 e. The van der Waals surface area contributed by atoms with Gasteiger partial charge in [0.15, 0.2) is 0 Å². The van der Waals surface area contributed by atoms with Crippen molar-refractivity contribution in [2.45, 2.75) is 26.7 Å². The topological polar surface area (TPSA) is 110 Å². The van der Waals surface area contributed by atoms with Crippen LogP contribution in [-0.4, -0.2) is 21.0 Å². The van der Waals surface area contributed by atoms with Crippen molar-refractivity contribution in [2.24, 2.45) is 0 Å². The van der Waals surface area contributed by atoms with Crippen LogP contribution < -0.4 is 10.1 Å². The van der Waals surface area contributed by atoms with Crippen molar-refractivity contribution in [2.75, 3.05) is 5.32 Å². The number of nitrogens with one attached hydrogen (secondary N) is 2. The molecule has 0 aliphatic heterocycles. The van der Waals surface area contributed by atoms with Crippen LogP contribution in [0.25, 0.3) is 0 Å². The number of aromatic amines is 1. The Morgan fingerprint density at radius 3 is 2.61 bits per heavy atom. The number of nitro groups is 1. The van der Waals surface area contributed by atoms with E-state index < -0.39 is 10.8 Å². The third-order valence-electron chi connectivity index (χ3n) is 4.05. The van der Waals surface area contributed by atoms with Crippen LogP contribution in [0.4, 0.5) is 11.4 Å². The minimum absolute atomic E-state index is 0.228. The Hall–Kier alpha value is -3.68. The molecule has 0 bridgehead atoms. The molecular weight excluding hydrogens is 360 g/mol. The molecule has 1 aromatic heterocycles. The average Bonchev–Trinajstić information content (AvgIpc) is 3.08. The summed E-state index contributed by atoms with van der Waals surface area (Å²) in [7, 11) is 0. The van der Waals surface area contributed by atoms with Gasteiger partial charge in [-0.1, -0.05) is 25.5 Å². The number of hydrogen-bond acceptors (Lipinski definition) is 5. The van der Waals surface area contributed by atoms with Crippen LogP contribution in [0.3, 0.4) is 0 Å². The van der Waals surface area contributed by atoms with Gasteiger partial charge in [0.25, 0.3) is 5.91 Å². The standard InChI is InChI=1S/C20H20N4O4/c1-3-5-17-19(24(26)27)18(23-22-17)20(25)21-14-8-10-15(11-9-14)28-16-7-4-6-13(2)12-16/h4,6-12H,3,5H2,1-2H3,(H,21,25)(H,22,23). The highest BCUT2D eigenvalue weighted by atomic mass is 16.6. The fourth-order valence-corrected chi connectivity index (χ4v) is 2.76. The first-order valence-corrected chi connectivity index (χ1v) is 8.85. The summed E-state index contributed by atoms with van der Waals surface area (Å²) < 4.78 is 5.77. The zero-order valence-electron chi connectivity index (χ0n) is 15.6. The first-order chi connectivity index (χ1) is 13.5. The molecule has 8 heteroatoms. The maximum atomic E-state index is 12.4. The number of carbonyl (C=O) groups excluding carboxylic acids is 1. The Balaban J connectivity index is 1.72. The molecule has 3 rings (SSSR count). The summed E-state index contributed by atoms with van der Waals surface area (Å²) in [5, 5.41) is 20.4. The predicted molar refractivity (Wildman–Crippen MR) is 105 cm³/mol. The fourth-order valence-electron chi connectivity index (χ4n) is 2.76. The van der Waals surface area contributed by atoms with Crippen LogP contribution in [0.1, 0.15) is 35.1 Å². The van der Waals surface area contributed by atoms with Gasteiger partial charge in [-0.25, -0.2) is 0 Å². The van der Waals surface area contributed by atoms with E-state index >= 15 is 0 Å². The van der Waals surface area contributed by atoms with Gasteiger partial charge in [0.2, 0.25) is 5.69 Å². The van der Waals surface area contributed by atoms with Crippen molar-refractivity contribution in [1.29, 1.82) is 0 Å². The Kier molecular flexibility index (Phi) is 5.69. The summed E-state index contributed by atoms with van der Waals surface area (Å²) in [4.78, 5) is 23.2. The fraction of sp³-hybridized carbons (Fsp3) is 0.200. The predicted octanol–water partition coefficient (Wildman–Crippen LogP) is 4.62. The highest BCUT2D eigenvalue weighted by Crippen LogP contribution is 2.26. The lowest BCUT2D eigenvalue weighted by atomic mass is 10.2. The molecular formula is C20H20N4O4. The molecule has 0 spiro atoms.